The van der Waals surface area contributed by atoms with E-state index < -0.39 is 0 Å². The molecule has 0 aromatic heterocycles. The van der Waals surface area contributed by atoms with Crippen molar-refractivity contribution in [2.45, 2.75) is 60.3 Å². The summed E-state index contributed by atoms with van der Waals surface area (Å²) < 4.78 is 0. The van der Waals surface area contributed by atoms with Crippen LogP contribution in [-0.2, 0) is 0 Å². The molecule has 0 saturated carbocycles. The van der Waals surface area contributed by atoms with Gasteiger partial charge in [-0.1, -0.05) is 62.3 Å². The first kappa shape index (κ1) is 18.0. The van der Waals surface area contributed by atoms with Gasteiger partial charge in [0.15, 0.2) is 0 Å². The number of hydrogen-bond acceptors (Lipinski definition) is 1. The molecule has 0 aromatic carbocycles. The summed E-state index contributed by atoms with van der Waals surface area (Å²) in [7, 11) is 0. The van der Waals surface area contributed by atoms with Gasteiger partial charge in [-0.15, -0.1) is 0 Å². The van der Waals surface area contributed by atoms with Crippen molar-refractivity contribution in [2.24, 2.45) is 11.3 Å². The highest BCUT2D eigenvalue weighted by Gasteiger charge is 2.26. The van der Waals surface area contributed by atoms with E-state index in [1.807, 2.05) is 0 Å². The fourth-order valence-electron chi connectivity index (χ4n) is 2.98. The first-order chi connectivity index (χ1) is 9.86. The molecule has 1 rings (SSSR count). The second-order valence-corrected chi connectivity index (χ2v) is 7.05. The minimum absolute atomic E-state index is 0.261. The van der Waals surface area contributed by atoms with Crippen LogP contribution in [0, 0.1) is 11.3 Å². The summed E-state index contributed by atoms with van der Waals surface area (Å²) in [4.78, 5) is 0. The average molecular weight is 288 g/mol. The van der Waals surface area contributed by atoms with Gasteiger partial charge < -0.3 is 5.11 Å². The molecule has 1 aliphatic rings. The molecule has 0 fully saturated rings. The van der Waals surface area contributed by atoms with Gasteiger partial charge in [0.25, 0.3) is 0 Å². The summed E-state index contributed by atoms with van der Waals surface area (Å²) >= 11 is 0. The first-order valence-corrected chi connectivity index (χ1v) is 8.21. The van der Waals surface area contributed by atoms with Crippen molar-refractivity contribution in [3.8, 4) is 0 Å². The SMILES string of the molecule is CC(C=CC1=C(C)CCCC1(C)C)=C/C=C/C(C)CCO. The number of allylic oxidation sites excluding steroid dienone is 8. The summed E-state index contributed by atoms with van der Waals surface area (Å²) in [6, 6.07) is 0. The molecule has 0 radical (unpaired) electrons. The largest absolute Gasteiger partial charge is 0.396 e. The van der Waals surface area contributed by atoms with Crippen LogP contribution in [0.1, 0.15) is 60.3 Å². The molecule has 0 bridgehead atoms. The number of aliphatic hydroxyl groups excluding tert-OH is 1. The summed E-state index contributed by atoms with van der Waals surface area (Å²) in [5.41, 5.74) is 4.63. The van der Waals surface area contributed by atoms with Crippen LogP contribution in [-0.4, -0.2) is 11.7 Å². The molecule has 1 nitrogen and oxygen atoms in total. The van der Waals surface area contributed by atoms with Crippen molar-refractivity contribution in [3.63, 3.8) is 0 Å². The Balaban J connectivity index is 2.71. The van der Waals surface area contributed by atoms with E-state index in [0.29, 0.717) is 11.3 Å². The van der Waals surface area contributed by atoms with Crippen LogP contribution in [0.3, 0.4) is 0 Å². The number of hydrogen-bond donors (Lipinski definition) is 1. The van der Waals surface area contributed by atoms with Crippen LogP contribution in [0.2, 0.25) is 0 Å². The van der Waals surface area contributed by atoms with E-state index in [1.54, 1.807) is 5.57 Å². The average Bonchev–Trinajstić information content (AvgIpc) is 2.37. The van der Waals surface area contributed by atoms with E-state index in [2.05, 4.69) is 65.0 Å². The molecule has 0 amide bonds. The lowest BCUT2D eigenvalue weighted by atomic mass is 9.72. The lowest BCUT2D eigenvalue weighted by Crippen LogP contribution is -2.19. The Morgan fingerprint density at radius 2 is 2.10 bits per heavy atom. The lowest BCUT2D eigenvalue weighted by molar-refractivity contribution is 0.274. The van der Waals surface area contributed by atoms with Crippen molar-refractivity contribution >= 4 is 0 Å². The molecular weight excluding hydrogens is 256 g/mol. The third kappa shape index (κ3) is 6.05. The molecule has 118 valence electrons. The van der Waals surface area contributed by atoms with Crippen LogP contribution in [0.5, 0.6) is 0 Å². The zero-order chi connectivity index (χ0) is 15.9. The summed E-state index contributed by atoms with van der Waals surface area (Å²) in [6.07, 6.45) is 15.6. The molecule has 0 aliphatic heterocycles. The van der Waals surface area contributed by atoms with Gasteiger partial charge in [0.2, 0.25) is 0 Å². The minimum atomic E-state index is 0.261. The highest BCUT2D eigenvalue weighted by molar-refractivity contribution is 5.36. The Hall–Kier alpha value is -1.08. The Bertz CT molecular complexity index is 446. The maximum absolute atomic E-state index is 8.88. The third-order valence-corrected chi connectivity index (χ3v) is 4.44. The highest BCUT2D eigenvalue weighted by atomic mass is 16.3. The van der Waals surface area contributed by atoms with Crippen LogP contribution in [0.4, 0.5) is 0 Å². The molecular formula is C20H32O. The number of aliphatic hydroxyl groups is 1. The predicted molar refractivity (Wildman–Crippen MR) is 93.2 cm³/mol. The second kappa shape index (κ2) is 8.38. The third-order valence-electron chi connectivity index (χ3n) is 4.44. The molecule has 0 heterocycles. The van der Waals surface area contributed by atoms with Crippen LogP contribution < -0.4 is 0 Å². The highest BCUT2D eigenvalue weighted by Crippen LogP contribution is 2.40. The van der Waals surface area contributed by atoms with E-state index in [0.717, 1.165) is 6.42 Å². The normalized spacial score (nSPS) is 21.5. The molecule has 0 saturated heterocycles. The maximum Gasteiger partial charge on any atom is 0.0436 e. The van der Waals surface area contributed by atoms with Gasteiger partial charge in [-0.25, -0.2) is 0 Å². The van der Waals surface area contributed by atoms with Gasteiger partial charge in [-0.3, -0.25) is 0 Å². The minimum Gasteiger partial charge on any atom is -0.396 e. The van der Waals surface area contributed by atoms with E-state index in [1.165, 1.54) is 30.4 Å². The van der Waals surface area contributed by atoms with Crippen molar-refractivity contribution in [1.29, 1.82) is 0 Å². The van der Waals surface area contributed by atoms with Gasteiger partial charge in [0, 0.05) is 6.61 Å². The maximum atomic E-state index is 8.88. The van der Waals surface area contributed by atoms with Crippen LogP contribution in [0.25, 0.3) is 0 Å². The van der Waals surface area contributed by atoms with Crippen molar-refractivity contribution in [3.05, 3.63) is 47.1 Å². The second-order valence-electron chi connectivity index (χ2n) is 7.05. The van der Waals surface area contributed by atoms with E-state index in [4.69, 9.17) is 5.11 Å². The van der Waals surface area contributed by atoms with Crippen molar-refractivity contribution < 1.29 is 5.11 Å². The molecule has 1 heteroatoms. The first-order valence-electron chi connectivity index (χ1n) is 8.21. The van der Waals surface area contributed by atoms with Gasteiger partial charge in [0.1, 0.15) is 0 Å². The Kier molecular flexibility index (Phi) is 7.17. The Morgan fingerprint density at radius 1 is 1.38 bits per heavy atom. The lowest BCUT2D eigenvalue weighted by Gasteiger charge is -2.32. The molecule has 0 aromatic rings. The quantitative estimate of drug-likeness (QED) is 0.632. The summed E-state index contributed by atoms with van der Waals surface area (Å²) in [5, 5.41) is 8.88. The standard InChI is InChI=1S/C20H32O/c1-16(8-6-9-17(2)13-15-21)11-12-19-18(3)10-7-14-20(19,4)5/h6,8-9,11-12,17,21H,7,10,13-15H2,1-5H3/b9-6+,12-11?,16-8?. The van der Waals surface area contributed by atoms with Crippen molar-refractivity contribution in [1.82, 2.24) is 0 Å². The van der Waals surface area contributed by atoms with Crippen LogP contribution in [0.15, 0.2) is 47.1 Å². The molecule has 1 atom stereocenters. The molecule has 1 unspecified atom stereocenters. The van der Waals surface area contributed by atoms with E-state index in [-0.39, 0.29) is 6.61 Å². The molecule has 21 heavy (non-hydrogen) atoms. The van der Waals surface area contributed by atoms with Crippen molar-refractivity contribution in [2.75, 3.05) is 6.61 Å². The fourth-order valence-corrected chi connectivity index (χ4v) is 2.98. The van der Waals surface area contributed by atoms with E-state index >= 15 is 0 Å². The number of rotatable bonds is 6. The monoisotopic (exact) mass is 288 g/mol. The van der Waals surface area contributed by atoms with Gasteiger partial charge in [-0.05, 0) is 56.4 Å². The Labute approximate surface area is 131 Å². The van der Waals surface area contributed by atoms with E-state index in [9.17, 15) is 0 Å². The predicted octanol–water partition coefficient (Wildman–Crippen LogP) is 5.59. The van der Waals surface area contributed by atoms with Gasteiger partial charge in [0.05, 0.1) is 0 Å². The zero-order valence-electron chi connectivity index (χ0n) is 14.4. The Morgan fingerprint density at radius 3 is 2.71 bits per heavy atom. The summed E-state index contributed by atoms with van der Waals surface area (Å²) in [6.45, 7) is 11.5. The topological polar surface area (TPSA) is 20.2 Å². The molecule has 1 N–H and O–H groups in total. The van der Waals surface area contributed by atoms with Crippen LogP contribution >= 0.6 is 0 Å². The summed E-state index contributed by atoms with van der Waals surface area (Å²) in [5.74, 6) is 0.435. The smallest absolute Gasteiger partial charge is 0.0436 e. The molecule has 1 aliphatic carbocycles. The molecule has 0 spiro atoms. The van der Waals surface area contributed by atoms with Gasteiger partial charge in [-0.2, -0.15) is 0 Å². The zero-order valence-corrected chi connectivity index (χ0v) is 14.4. The van der Waals surface area contributed by atoms with Gasteiger partial charge >= 0.3 is 0 Å². The fraction of sp³-hybridized carbons (Fsp3) is 0.600.